The third-order valence-corrected chi connectivity index (χ3v) is 6.62. The molecule has 3 heterocycles. The van der Waals surface area contributed by atoms with Gasteiger partial charge in [0, 0.05) is 26.1 Å². The van der Waals surface area contributed by atoms with Gasteiger partial charge in [-0.05, 0) is 56.8 Å². The van der Waals surface area contributed by atoms with Gasteiger partial charge in [0.25, 0.3) is 5.91 Å². The molecule has 2 amide bonds. The van der Waals surface area contributed by atoms with Crippen molar-refractivity contribution in [1.82, 2.24) is 9.80 Å². The molecule has 1 aromatic carbocycles. The predicted molar refractivity (Wildman–Crippen MR) is 118 cm³/mol. The molecular formula is C23H33N5O2. The molecule has 30 heavy (non-hydrogen) atoms. The number of primary amides is 1. The van der Waals surface area contributed by atoms with Crippen LogP contribution in [0.4, 0.5) is 5.69 Å². The zero-order chi connectivity index (χ0) is 20.9. The number of carbonyl (C=O) groups excluding carboxylic acids is 2. The summed E-state index contributed by atoms with van der Waals surface area (Å²) in [5, 5.41) is 6.11. The normalized spacial score (nSPS) is 23.9. The lowest BCUT2D eigenvalue weighted by Gasteiger charge is -2.34. The van der Waals surface area contributed by atoms with E-state index < -0.39 is 11.9 Å². The maximum absolute atomic E-state index is 13.1. The maximum atomic E-state index is 13.1. The van der Waals surface area contributed by atoms with Gasteiger partial charge in [-0.25, -0.2) is 0 Å². The Balaban J connectivity index is 1.35. The number of para-hydroxylation sites is 1. The van der Waals surface area contributed by atoms with Crippen molar-refractivity contribution in [3.05, 3.63) is 30.3 Å². The lowest BCUT2D eigenvalue weighted by Crippen LogP contribution is -2.44. The van der Waals surface area contributed by atoms with E-state index in [1.165, 1.54) is 38.8 Å². The number of rotatable bonds is 5. The Bertz CT molecular complexity index is 765. The van der Waals surface area contributed by atoms with Gasteiger partial charge >= 0.3 is 0 Å². The van der Waals surface area contributed by atoms with Crippen LogP contribution in [0.5, 0.6) is 0 Å². The van der Waals surface area contributed by atoms with Crippen molar-refractivity contribution >= 4 is 23.2 Å². The summed E-state index contributed by atoms with van der Waals surface area (Å²) in [4.78, 5) is 29.6. The quantitative estimate of drug-likeness (QED) is 0.805. The van der Waals surface area contributed by atoms with Crippen LogP contribution in [-0.4, -0.2) is 66.1 Å². The molecule has 2 fully saturated rings. The van der Waals surface area contributed by atoms with E-state index in [-0.39, 0.29) is 12.3 Å². The molecule has 0 aliphatic carbocycles. The molecular weight excluding hydrogens is 378 g/mol. The lowest BCUT2D eigenvalue weighted by molar-refractivity contribution is -0.125. The van der Waals surface area contributed by atoms with Gasteiger partial charge in [0.1, 0.15) is 11.8 Å². The Kier molecular flexibility index (Phi) is 6.67. The fourth-order valence-corrected chi connectivity index (χ4v) is 4.86. The fraction of sp³-hybridized carbons (Fsp3) is 0.609. The van der Waals surface area contributed by atoms with Gasteiger partial charge in [-0.3, -0.25) is 14.6 Å². The van der Waals surface area contributed by atoms with E-state index in [4.69, 9.17) is 5.73 Å². The highest BCUT2D eigenvalue weighted by atomic mass is 16.2. The van der Waals surface area contributed by atoms with Crippen LogP contribution in [0.1, 0.15) is 44.9 Å². The van der Waals surface area contributed by atoms with Gasteiger partial charge < -0.3 is 15.5 Å². The molecule has 2 saturated heterocycles. The fourth-order valence-electron chi connectivity index (χ4n) is 4.86. The molecule has 4 rings (SSSR count). The van der Waals surface area contributed by atoms with Crippen molar-refractivity contribution in [3.63, 3.8) is 0 Å². The van der Waals surface area contributed by atoms with Gasteiger partial charge in [-0.15, -0.1) is 0 Å². The number of nitrogens with two attached hydrogens (primary N) is 1. The summed E-state index contributed by atoms with van der Waals surface area (Å²) in [5.74, 6) is 0.159. The minimum Gasteiger partial charge on any atom is -0.368 e. The van der Waals surface area contributed by atoms with Crippen LogP contribution in [0, 0.1) is 5.92 Å². The van der Waals surface area contributed by atoms with Crippen molar-refractivity contribution in [1.29, 1.82) is 0 Å². The Morgan fingerprint density at radius 3 is 2.27 bits per heavy atom. The smallest absolute Gasteiger partial charge is 0.270 e. The molecule has 2 N–H and O–H groups in total. The number of hydrogen-bond donors (Lipinski definition) is 1. The Morgan fingerprint density at radius 1 is 0.967 bits per heavy atom. The predicted octanol–water partition coefficient (Wildman–Crippen LogP) is 2.22. The molecule has 7 heteroatoms. The van der Waals surface area contributed by atoms with Crippen LogP contribution >= 0.6 is 0 Å². The number of carbonyl (C=O) groups is 2. The second kappa shape index (κ2) is 9.60. The zero-order valence-electron chi connectivity index (χ0n) is 17.7. The molecule has 1 atom stereocenters. The minimum absolute atomic E-state index is 0.0482. The highest BCUT2D eigenvalue weighted by molar-refractivity contribution is 6.40. The molecule has 1 unspecified atom stereocenters. The van der Waals surface area contributed by atoms with Crippen molar-refractivity contribution in [2.45, 2.75) is 51.0 Å². The first-order valence-electron chi connectivity index (χ1n) is 11.3. The maximum Gasteiger partial charge on any atom is 0.270 e. The van der Waals surface area contributed by atoms with E-state index in [1.54, 1.807) is 5.01 Å². The summed E-state index contributed by atoms with van der Waals surface area (Å²) in [6.45, 7) is 5.14. The highest BCUT2D eigenvalue weighted by Gasteiger charge is 2.37. The summed E-state index contributed by atoms with van der Waals surface area (Å²) in [7, 11) is 0. The first-order chi connectivity index (χ1) is 14.6. The number of benzene rings is 1. The SMILES string of the molecule is NC(=O)C1CC(C(=O)N2CCC(CN3CCCCCC3)CC2)=NN1c1ccccc1. The zero-order valence-corrected chi connectivity index (χ0v) is 17.7. The average Bonchev–Trinajstić information content (AvgIpc) is 3.07. The first kappa shape index (κ1) is 20.8. The number of likely N-dealkylation sites (tertiary alicyclic amines) is 2. The third kappa shape index (κ3) is 4.83. The highest BCUT2D eigenvalue weighted by Crippen LogP contribution is 2.26. The molecule has 1 aromatic rings. The summed E-state index contributed by atoms with van der Waals surface area (Å²) in [6, 6.07) is 8.83. The van der Waals surface area contributed by atoms with E-state index >= 15 is 0 Å². The van der Waals surface area contributed by atoms with E-state index in [0.717, 1.165) is 38.2 Å². The molecule has 0 spiro atoms. The summed E-state index contributed by atoms with van der Waals surface area (Å²) >= 11 is 0. The largest absolute Gasteiger partial charge is 0.368 e. The molecule has 0 radical (unpaired) electrons. The van der Waals surface area contributed by atoms with Gasteiger partial charge in [0.2, 0.25) is 5.91 Å². The second-order valence-corrected chi connectivity index (χ2v) is 8.80. The Hall–Kier alpha value is -2.41. The van der Waals surface area contributed by atoms with E-state index in [9.17, 15) is 9.59 Å². The van der Waals surface area contributed by atoms with Crippen LogP contribution in [0.25, 0.3) is 0 Å². The minimum atomic E-state index is -0.605. The van der Waals surface area contributed by atoms with Crippen molar-refractivity contribution in [2.24, 2.45) is 16.8 Å². The molecule has 0 aromatic heterocycles. The van der Waals surface area contributed by atoms with Gasteiger partial charge in [0.15, 0.2) is 0 Å². The van der Waals surface area contributed by atoms with Crippen LogP contribution < -0.4 is 10.7 Å². The average molecular weight is 412 g/mol. The van der Waals surface area contributed by atoms with Crippen LogP contribution in [-0.2, 0) is 9.59 Å². The summed E-state index contributed by atoms with van der Waals surface area (Å²) in [5.41, 5.74) is 6.82. The Labute approximate surface area is 178 Å². The summed E-state index contributed by atoms with van der Waals surface area (Å²) in [6.07, 6.45) is 7.70. The molecule has 3 aliphatic rings. The van der Waals surface area contributed by atoms with Gasteiger partial charge in [-0.1, -0.05) is 31.0 Å². The van der Waals surface area contributed by atoms with E-state index in [0.29, 0.717) is 11.6 Å². The van der Waals surface area contributed by atoms with Gasteiger partial charge in [-0.2, -0.15) is 5.10 Å². The number of piperidine rings is 1. The molecule has 0 saturated carbocycles. The topological polar surface area (TPSA) is 82.2 Å². The molecule has 0 bridgehead atoms. The second-order valence-electron chi connectivity index (χ2n) is 8.80. The summed E-state index contributed by atoms with van der Waals surface area (Å²) < 4.78 is 0. The Morgan fingerprint density at radius 2 is 1.63 bits per heavy atom. The van der Waals surface area contributed by atoms with E-state index in [1.807, 2.05) is 35.2 Å². The number of hydrogen-bond acceptors (Lipinski definition) is 5. The van der Waals surface area contributed by atoms with Crippen LogP contribution in [0.3, 0.4) is 0 Å². The van der Waals surface area contributed by atoms with Crippen molar-refractivity contribution in [2.75, 3.05) is 37.7 Å². The number of nitrogens with zero attached hydrogens (tertiary/aromatic N) is 4. The van der Waals surface area contributed by atoms with Crippen LogP contribution in [0.15, 0.2) is 35.4 Å². The standard InChI is InChI=1S/C23H33N5O2/c24-22(29)21-16-20(25-28(21)19-8-4-3-5-9-19)23(30)27-14-10-18(11-15-27)17-26-12-6-1-2-7-13-26/h3-5,8-9,18,21H,1-2,6-7,10-17H2,(H2,24,29). The third-order valence-electron chi connectivity index (χ3n) is 6.62. The number of amides is 2. The van der Waals surface area contributed by atoms with Crippen molar-refractivity contribution < 1.29 is 9.59 Å². The van der Waals surface area contributed by atoms with Crippen molar-refractivity contribution in [3.8, 4) is 0 Å². The number of anilines is 1. The van der Waals surface area contributed by atoms with Gasteiger partial charge in [0.05, 0.1) is 5.69 Å². The molecule has 162 valence electrons. The molecule has 3 aliphatic heterocycles. The molecule has 7 nitrogen and oxygen atoms in total. The number of hydrazone groups is 1. The monoisotopic (exact) mass is 411 g/mol. The lowest BCUT2D eigenvalue weighted by atomic mass is 9.95. The first-order valence-corrected chi connectivity index (χ1v) is 11.3. The van der Waals surface area contributed by atoms with E-state index in [2.05, 4.69) is 10.0 Å². The van der Waals surface area contributed by atoms with Crippen LogP contribution in [0.2, 0.25) is 0 Å².